The summed E-state index contributed by atoms with van der Waals surface area (Å²) in [5, 5.41) is 5.47. The van der Waals surface area contributed by atoms with Gasteiger partial charge in [-0.1, -0.05) is 6.07 Å². The number of nitrogens with one attached hydrogen (secondary N) is 1. The molecule has 2 aromatic rings. The largest absolute Gasteiger partial charge is 0.383 e. The van der Waals surface area contributed by atoms with E-state index < -0.39 is 17.7 Å². The lowest BCUT2D eigenvalue weighted by atomic mass is 10.1. The molecule has 0 fully saturated rings. The van der Waals surface area contributed by atoms with Crippen molar-refractivity contribution in [1.29, 1.82) is 0 Å². The molecule has 1 heterocycles. The molecule has 0 amide bonds. The Hall–Kier alpha value is -1.37. The van der Waals surface area contributed by atoms with Gasteiger partial charge in [0.2, 0.25) is 0 Å². The number of nitrogens with zero attached hydrogens (tertiary/aromatic N) is 1. The molecule has 0 spiro atoms. The molecular weight excluding hydrogens is 270 g/mol. The molecule has 2 rings (SSSR count). The Morgan fingerprint density at radius 2 is 2.11 bits per heavy atom. The smallest absolute Gasteiger partial charge is 0.131 e. The predicted molar refractivity (Wildman–Crippen MR) is 70.2 cm³/mol. The Labute approximate surface area is 114 Å². The highest BCUT2D eigenvalue weighted by molar-refractivity contribution is 7.09. The molecule has 0 aliphatic carbocycles. The summed E-state index contributed by atoms with van der Waals surface area (Å²) >= 11 is 1.35. The maximum Gasteiger partial charge on any atom is 0.131 e. The first kappa shape index (κ1) is 14.0. The van der Waals surface area contributed by atoms with Crippen molar-refractivity contribution >= 4 is 11.3 Å². The summed E-state index contributed by atoms with van der Waals surface area (Å²) in [4.78, 5) is 4.14. The minimum atomic E-state index is -0.601. The highest BCUT2D eigenvalue weighted by Crippen LogP contribution is 2.28. The van der Waals surface area contributed by atoms with Gasteiger partial charge in [-0.05, 0) is 12.1 Å². The molecule has 3 nitrogen and oxygen atoms in total. The Balaban J connectivity index is 2.31. The number of hydrogen-bond donors (Lipinski definition) is 1. The third kappa shape index (κ3) is 3.34. The average Bonchev–Trinajstić information content (AvgIpc) is 2.90. The van der Waals surface area contributed by atoms with Crippen LogP contribution in [-0.2, 0) is 4.74 Å². The molecule has 0 saturated heterocycles. The lowest BCUT2D eigenvalue weighted by Crippen LogP contribution is -2.27. The second-order valence-corrected chi connectivity index (χ2v) is 4.81. The summed E-state index contributed by atoms with van der Waals surface area (Å²) in [7, 11) is 1.57. The summed E-state index contributed by atoms with van der Waals surface area (Å²) in [6, 6.07) is 3.24. The second kappa shape index (κ2) is 6.70. The minimum Gasteiger partial charge on any atom is -0.383 e. The third-order valence-electron chi connectivity index (χ3n) is 2.64. The van der Waals surface area contributed by atoms with Crippen LogP contribution in [0.3, 0.4) is 0 Å². The van der Waals surface area contributed by atoms with Crippen molar-refractivity contribution in [2.75, 3.05) is 20.3 Å². The van der Waals surface area contributed by atoms with Crippen LogP contribution >= 0.6 is 11.3 Å². The van der Waals surface area contributed by atoms with Crippen LogP contribution < -0.4 is 5.32 Å². The number of aromatic nitrogens is 1. The maximum atomic E-state index is 13.9. The van der Waals surface area contributed by atoms with Crippen LogP contribution in [0.4, 0.5) is 8.78 Å². The fourth-order valence-corrected chi connectivity index (χ4v) is 2.50. The number of methoxy groups -OCH3 is 1. The minimum absolute atomic E-state index is 0.00597. The van der Waals surface area contributed by atoms with Crippen LogP contribution in [0.15, 0.2) is 29.8 Å². The van der Waals surface area contributed by atoms with Crippen molar-refractivity contribution in [3.8, 4) is 0 Å². The van der Waals surface area contributed by atoms with Crippen LogP contribution in [-0.4, -0.2) is 25.2 Å². The van der Waals surface area contributed by atoms with E-state index in [1.165, 1.54) is 29.5 Å². The Bertz CT molecular complexity index is 499. The number of ether oxygens (including phenoxy) is 1. The van der Waals surface area contributed by atoms with Gasteiger partial charge in [0, 0.05) is 30.8 Å². The number of rotatable bonds is 6. The van der Waals surface area contributed by atoms with Gasteiger partial charge < -0.3 is 10.1 Å². The van der Waals surface area contributed by atoms with Crippen LogP contribution in [0.5, 0.6) is 0 Å². The van der Waals surface area contributed by atoms with Crippen LogP contribution in [0.2, 0.25) is 0 Å². The van der Waals surface area contributed by atoms with Crippen LogP contribution in [0.25, 0.3) is 0 Å². The van der Waals surface area contributed by atoms with Gasteiger partial charge in [-0.3, -0.25) is 0 Å². The number of hydrogen-bond acceptors (Lipinski definition) is 4. The molecule has 1 atom stereocenters. The van der Waals surface area contributed by atoms with Crippen LogP contribution in [0, 0.1) is 11.6 Å². The SMILES string of the molecule is COCCNC(c1nccs1)c1c(F)cccc1F. The van der Waals surface area contributed by atoms with Crippen molar-refractivity contribution < 1.29 is 13.5 Å². The van der Waals surface area contributed by atoms with E-state index in [1.807, 2.05) is 0 Å². The molecule has 0 saturated carbocycles. The molecule has 0 aliphatic heterocycles. The van der Waals surface area contributed by atoms with Gasteiger partial charge in [0.1, 0.15) is 16.6 Å². The van der Waals surface area contributed by atoms with Gasteiger partial charge in [0.05, 0.1) is 12.6 Å². The molecule has 1 aromatic heterocycles. The van der Waals surface area contributed by atoms with Gasteiger partial charge >= 0.3 is 0 Å². The zero-order valence-electron chi connectivity index (χ0n) is 10.4. The van der Waals surface area contributed by atoms with Gasteiger partial charge in [-0.2, -0.15) is 0 Å². The standard InChI is InChI=1S/C13H14F2N2OS/c1-18-7-5-16-12(13-17-6-8-19-13)11-9(14)3-2-4-10(11)15/h2-4,6,8,12,16H,5,7H2,1H3. The highest BCUT2D eigenvalue weighted by Gasteiger charge is 2.23. The van der Waals surface area contributed by atoms with Crippen molar-refractivity contribution in [3.63, 3.8) is 0 Å². The normalized spacial score (nSPS) is 12.6. The fraction of sp³-hybridized carbons (Fsp3) is 0.308. The van der Waals surface area contributed by atoms with Gasteiger partial charge in [-0.25, -0.2) is 13.8 Å². The van der Waals surface area contributed by atoms with Gasteiger partial charge in [0.15, 0.2) is 0 Å². The molecule has 1 unspecified atom stereocenters. The van der Waals surface area contributed by atoms with Crippen molar-refractivity contribution in [3.05, 3.63) is 52.0 Å². The first-order valence-electron chi connectivity index (χ1n) is 5.79. The van der Waals surface area contributed by atoms with Crippen molar-refractivity contribution in [2.24, 2.45) is 0 Å². The monoisotopic (exact) mass is 284 g/mol. The Morgan fingerprint density at radius 3 is 2.68 bits per heavy atom. The van der Waals surface area contributed by atoms with E-state index in [0.29, 0.717) is 18.2 Å². The Morgan fingerprint density at radius 1 is 1.37 bits per heavy atom. The molecule has 1 N–H and O–H groups in total. The fourth-order valence-electron chi connectivity index (χ4n) is 1.78. The summed E-state index contributed by atoms with van der Waals surface area (Å²) in [5.41, 5.74) is -0.00597. The average molecular weight is 284 g/mol. The van der Waals surface area contributed by atoms with Crippen molar-refractivity contribution in [2.45, 2.75) is 6.04 Å². The topological polar surface area (TPSA) is 34.1 Å². The zero-order chi connectivity index (χ0) is 13.7. The first-order chi connectivity index (χ1) is 9.24. The molecule has 6 heteroatoms. The van der Waals surface area contributed by atoms with Crippen LogP contribution in [0.1, 0.15) is 16.6 Å². The number of benzene rings is 1. The molecular formula is C13H14F2N2OS. The van der Waals surface area contributed by atoms with Gasteiger partial charge in [0.25, 0.3) is 0 Å². The molecule has 0 aliphatic rings. The van der Waals surface area contributed by atoms with E-state index in [-0.39, 0.29) is 5.56 Å². The van der Waals surface area contributed by atoms with E-state index in [9.17, 15) is 8.78 Å². The lowest BCUT2D eigenvalue weighted by Gasteiger charge is -2.18. The zero-order valence-corrected chi connectivity index (χ0v) is 11.2. The molecule has 1 aromatic carbocycles. The maximum absolute atomic E-state index is 13.9. The van der Waals surface area contributed by atoms with E-state index in [1.54, 1.807) is 18.7 Å². The van der Waals surface area contributed by atoms with E-state index in [0.717, 1.165) is 0 Å². The second-order valence-electron chi connectivity index (χ2n) is 3.89. The first-order valence-corrected chi connectivity index (χ1v) is 6.67. The predicted octanol–water partition coefficient (Wildman–Crippen LogP) is 2.75. The summed E-state index contributed by atoms with van der Waals surface area (Å²) in [5.74, 6) is -1.16. The third-order valence-corrected chi connectivity index (χ3v) is 3.48. The molecule has 19 heavy (non-hydrogen) atoms. The van der Waals surface area contributed by atoms with Gasteiger partial charge in [-0.15, -0.1) is 11.3 Å². The van der Waals surface area contributed by atoms with E-state index in [4.69, 9.17) is 4.74 Å². The quantitative estimate of drug-likeness (QED) is 0.828. The number of thiazole rings is 1. The highest BCUT2D eigenvalue weighted by atomic mass is 32.1. The van der Waals surface area contributed by atoms with Crippen molar-refractivity contribution in [1.82, 2.24) is 10.3 Å². The Kier molecular flexibility index (Phi) is 4.95. The number of halogens is 2. The molecule has 0 bridgehead atoms. The summed E-state index contributed by atoms with van der Waals surface area (Å²) < 4.78 is 32.7. The molecule has 102 valence electrons. The van der Waals surface area contributed by atoms with E-state index in [2.05, 4.69) is 10.3 Å². The van der Waals surface area contributed by atoms with E-state index >= 15 is 0 Å². The summed E-state index contributed by atoms with van der Waals surface area (Å²) in [6.45, 7) is 0.937. The molecule has 0 radical (unpaired) electrons. The summed E-state index contributed by atoms with van der Waals surface area (Å²) in [6.07, 6.45) is 1.61. The lowest BCUT2D eigenvalue weighted by molar-refractivity contribution is 0.197.